The smallest absolute Gasteiger partial charge is 0.0149 e. The van der Waals surface area contributed by atoms with Crippen LogP contribution in [0.1, 0.15) is 20.8 Å². The van der Waals surface area contributed by atoms with Crippen molar-refractivity contribution in [1.82, 2.24) is 4.90 Å². The van der Waals surface area contributed by atoms with E-state index in [1.54, 1.807) is 0 Å². The first-order chi connectivity index (χ1) is 6.11. The molecule has 1 aliphatic rings. The van der Waals surface area contributed by atoms with Gasteiger partial charge >= 0.3 is 0 Å². The second-order valence-corrected chi connectivity index (χ2v) is 6.20. The summed E-state index contributed by atoms with van der Waals surface area (Å²) in [6, 6.07) is 0. The van der Waals surface area contributed by atoms with Gasteiger partial charge in [0, 0.05) is 30.1 Å². The van der Waals surface area contributed by atoms with Crippen LogP contribution in [0.3, 0.4) is 0 Å². The Hall–Kier alpha value is 0.270. The predicted octanol–water partition coefficient (Wildman–Crippen LogP) is 1.41. The quantitative estimate of drug-likeness (QED) is 0.750. The molecular weight excluding hydrogens is 180 g/mol. The maximum absolute atomic E-state index is 5.63. The van der Waals surface area contributed by atoms with Gasteiger partial charge < -0.3 is 10.6 Å². The SMILES string of the molecule is CC(CN)CN1CC(C)SC(C)C1. The molecule has 1 heterocycles. The van der Waals surface area contributed by atoms with E-state index in [1.807, 2.05) is 0 Å². The second-order valence-electron chi connectivity index (χ2n) is 4.32. The topological polar surface area (TPSA) is 29.3 Å². The minimum absolute atomic E-state index is 0.641. The number of nitrogens with two attached hydrogens (primary N) is 1. The largest absolute Gasteiger partial charge is 0.330 e. The van der Waals surface area contributed by atoms with Crippen molar-refractivity contribution in [2.45, 2.75) is 31.3 Å². The predicted molar refractivity (Wildman–Crippen MR) is 61.2 cm³/mol. The number of thioether (sulfide) groups is 1. The normalized spacial score (nSPS) is 33.2. The molecule has 1 saturated heterocycles. The molecule has 0 aromatic carbocycles. The number of hydrogen-bond donors (Lipinski definition) is 1. The fraction of sp³-hybridized carbons (Fsp3) is 1.00. The Labute approximate surface area is 86.2 Å². The summed E-state index contributed by atoms with van der Waals surface area (Å²) in [5.41, 5.74) is 5.63. The summed E-state index contributed by atoms with van der Waals surface area (Å²) in [5.74, 6) is 0.641. The van der Waals surface area contributed by atoms with Crippen LogP contribution >= 0.6 is 11.8 Å². The maximum atomic E-state index is 5.63. The first-order valence-corrected chi connectivity index (χ1v) is 6.14. The third kappa shape index (κ3) is 3.88. The zero-order valence-corrected chi connectivity index (χ0v) is 9.81. The van der Waals surface area contributed by atoms with E-state index in [2.05, 4.69) is 37.4 Å². The van der Waals surface area contributed by atoms with Gasteiger partial charge in [-0.05, 0) is 12.5 Å². The van der Waals surface area contributed by atoms with Crippen molar-refractivity contribution in [3.63, 3.8) is 0 Å². The summed E-state index contributed by atoms with van der Waals surface area (Å²) >= 11 is 2.11. The second kappa shape index (κ2) is 5.23. The van der Waals surface area contributed by atoms with Crippen molar-refractivity contribution < 1.29 is 0 Å². The molecule has 3 heteroatoms. The Morgan fingerprint density at radius 2 is 1.92 bits per heavy atom. The molecule has 1 aliphatic heterocycles. The first-order valence-electron chi connectivity index (χ1n) is 5.19. The van der Waals surface area contributed by atoms with E-state index in [0.717, 1.165) is 17.0 Å². The fourth-order valence-electron chi connectivity index (χ4n) is 1.95. The minimum Gasteiger partial charge on any atom is -0.330 e. The van der Waals surface area contributed by atoms with Crippen molar-refractivity contribution in [2.75, 3.05) is 26.2 Å². The monoisotopic (exact) mass is 202 g/mol. The molecule has 2 nitrogen and oxygen atoms in total. The lowest BCUT2D eigenvalue weighted by molar-refractivity contribution is 0.237. The Morgan fingerprint density at radius 3 is 2.38 bits per heavy atom. The molecule has 0 aliphatic carbocycles. The van der Waals surface area contributed by atoms with Gasteiger partial charge in [-0.15, -0.1) is 0 Å². The zero-order chi connectivity index (χ0) is 9.84. The molecule has 0 amide bonds. The standard InChI is InChI=1S/C10H22N2S/c1-8(4-11)5-12-6-9(2)13-10(3)7-12/h8-10H,4-7,11H2,1-3H3. The van der Waals surface area contributed by atoms with Gasteiger partial charge in [-0.1, -0.05) is 20.8 Å². The summed E-state index contributed by atoms with van der Waals surface area (Å²) in [4.78, 5) is 2.56. The van der Waals surface area contributed by atoms with Gasteiger partial charge in [0.2, 0.25) is 0 Å². The van der Waals surface area contributed by atoms with E-state index in [4.69, 9.17) is 5.73 Å². The zero-order valence-electron chi connectivity index (χ0n) is 8.99. The molecule has 78 valence electrons. The Morgan fingerprint density at radius 1 is 1.38 bits per heavy atom. The molecule has 0 aromatic rings. The first kappa shape index (κ1) is 11.3. The highest BCUT2D eigenvalue weighted by Crippen LogP contribution is 2.24. The summed E-state index contributed by atoms with van der Waals surface area (Å²) in [7, 11) is 0. The van der Waals surface area contributed by atoms with E-state index >= 15 is 0 Å². The van der Waals surface area contributed by atoms with E-state index in [1.165, 1.54) is 19.6 Å². The van der Waals surface area contributed by atoms with Crippen LogP contribution in [0, 0.1) is 5.92 Å². The molecule has 1 rings (SSSR count). The van der Waals surface area contributed by atoms with Crippen molar-refractivity contribution in [3.05, 3.63) is 0 Å². The van der Waals surface area contributed by atoms with Crippen LogP contribution in [0.4, 0.5) is 0 Å². The Kier molecular flexibility index (Phi) is 4.56. The van der Waals surface area contributed by atoms with Crippen LogP contribution in [0.5, 0.6) is 0 Å². The minimum atomic E-state index is 0.641. The number of rotatable bonds is 3. The summed E-state index contributed by atoms with van der Waals surface area (Å²) < 4.78 is 0. The van der Waals surface area contributed by atoms with Crippen LogP contribution in [0.2, 0.25) is 0 Å². The van der Waals surface area contributed by atoms with Gasteiger partial charge in [0.05, 0.1) is 0 Å². The van der Waals surface area contributed by atoms with Crippen LogP contribution in [0.25, 0.3) is 0 Å². The molecule has 3 unspecified atom stereocenters. The van der Waals surface area contributed by atoms with Gasteiger partial charge in [0.15, 0.2) is 0 Å². The van der Waals surface area contributed by atoms with E-state index in [-0.39, 0.29) is 0 Å². The number of nitrogens with zero attached hydrogens (tertiary/aromatic N) is 1. The summed E-state index contributed by atoms with van der Waals surface area (Å²) in [6.45, 7) is 11.3. The molecule has 0 spiro atoms. The number of hydrogen-bond acceptors (Lipinski definition) is 3. The summed E-state index contributed by atoms with van der Waals surface area (Å²) in [6.07, 6.45) is 0. The Balaban J connectivity index is 2.32. The third-order valence-corrected chi connectivity index (χ3v) is 3.69. The van der Waals surface area contributed by atoms with Crippen LogP contribution < -0.4 is 5.73 Å². The van der Waals surface area contributed by atoms with E-state index in [0.29, 0.717) is 5.92 Å². The average molecular weight is 202 g/mol. The van der Waals surface area contributed by atoms with Gasteiger partial charge in [-0.2, -0.15) is 11.8 Å². The molecule has 0 aromatic heterocycles. The molecule has 3 atom stereocenters. The van der Waals surface area contributed by atoms with Crippen LogP contribution in [-0.2, 0) is 0 Å². The van der Waals surface area contributed by atoms with Crippen molar-refractivity contribution in [3.8, 4) is 0 Å². The van der Waals surface area contributed by atoms with Crippen LogP contribution in [0.15, 0.2) is 0 Å². The molecule has 1 fully saturated rings. The molecule has 0 radical (unpaired) electrons. The van der Waals surface area contributed by atoms with E-state index < -0.39 is 0 Å². The maximum Gasteiger partial charge on any atom is 0.0149 e. The van der Waals surface area contributed by atoms with Crippen LogP contribution in [-0.4, -0.2) is 41.6 Å². The molecule has 0 saturated carbocycles. The fourth-order valence-corrected chi connectivity index (χ4v) is 3.34. The van der Waals surface area contributed by atoms with E-state index in [9.17, 15) is 0 Å². The van der Waals surface area contributed by atoms with Gasteiger partial charge in [-0.25, -0.2) is 0 Å². The highest BCUT2D eigenvalue weighted by molar-refractivity contribution is 8.00. The lowest BCUT2D eigenvalue weighted by atomic mass is 10.1. The molecule has 0 bridgehead atoms. The lowest BCUT2D eigenvalue weighted by Gasteiger charge is -2.35. The highest BCUT2D eigenvalue weighted by Gasteiger charge is 2.22. The van der Waals surface area contributed by atoms with Gasteiger partial charge in [-0.3, -0.25) is 0 Å². The average Bonchev–Trinajstić information content (AvgIpc) is 2.02. The summed E-state index contributed by atoms with van der Waals surface area (Å²) in [5, 5.41) is 1.57. The van der Waals surface area contributed by atoms with Crippen molar-refractivity contribution in [1.29, 1.82) is 0 Å². The van der Waals surface area contributed by atoms with Gasteiger partial charge in [0.1, 0.15) is 0 Å². The molecule has 2 N–H and O–H groups in total. The molecule has 13 heavy (non-hydrogen) atoms. The molecular formula is C10H22N2S. The van der Waals surface area contributed by atoms with Gasteiger partial charge in [0.25, 0.3) is 0 Å². The highest BCUT2D eigenvalue weighted by atomic mass is 32.2. The van der Waals surface area contributed by atoms with Crippen molar-refractivity contribution in [2.24, 2.45) is 11.7 Å². The van der Waals surface area contributed by atoms with Crippen molar-refractivity contribution >= 4 is 11.8 Å². The lowest BCUT2D eigenvalue weighted by Crippen LogP contribution is -2.43. The Bertz CT molecular complexity index is 142. The third-order valence-electron chi connectivity index (χ3n) is 2.47.